The van der Waals surface area contributed by atoms with Gasteiger partial charge >= 0.3 is 7.60 Å². The van der Waals surface area contributed by atoms with E-state index in [1.54, 1.807) is 79.7 Å². The summed E-state index contributed by atoms with van der Waals surface area (Å²) in [5.74, 6) is -1.17. The van der Waals surface area contributed by atoms with Crippen LogP contribution in [0, 0.1) is 0 Å². The second-order valence-electron chi connectivity index (χ2n) is 8.36. The molecule has 0 fully saturated rings. The highest BCUT2D eigenvalue weighted by Gasteiger charge is 2.37. The molecule has 186 valence electrons. The summed E-state index contributed by atoms with van der Waals surface area (Å²) in [5.41, 5.74) is 0.809. The standard InChI is InChI=1S/C27H27N2O6P/c1-20(36(33,34-21-12-4-2-5-13-21)35-22-14-6-3-7-15-22)28-25(30)18-10-11-19-29-26(31)23-16-8-9-17-24(23)27(29)32/h2-9,12-17,20H,10-11,18-19H2,1H3,(H,28,30). The van der Waals surface area contributed by atoms with E-state index in [1.807, 2.05) is 12.1 Å². The molecule has 1 atom stereocenters. The van der Waals surface area contributed by atoms with Crippen LogP contribution in [0.4, 0.5) is 0 Å². The van der Waals surface area contributed by atoms with Crippen molar-refractivity contribution in [3.8, 4) is 11.5 Å². The Morgan fingerprint density at radius 3 is 1.78 bits per heavy atom. The quantitative estimate of drug-likeness (QED) is 0.216. The number of benzene rings is 3. The van der Waals surface area contributed by atoms with Gasteiger partial charge in [0.15, 0.2) is 5.78 Å². The fourth-order valence-corrected chi connectivity index (χ4v) is 5.30. The molecule has 3 aromatic rings. The van der Waals surface area contributed by atoms with Crippen LogP contribution in [0.2, 0.25) is 0 Å². The SMILES string of the molecule is CC(NC(=O)CCCCN1C(=O)c2ccccc2C1=O)P(=O)(Oc1ccccc1)Oc1ccccc1. The average Bonchev–Trinajstić information content (AvgIpc) is 3.12. The molecule has 3 amide bonds. The van der Waals surface area contributed by atoms with Gasteiger partial charge in [-0.2, -0.15) is 0 Å². The molecular weight excluding hydrogens is 479 g/mol. The van der Waals surface area contributed by atoms with E-state index < -0.39 is 13.4 Å². The first-order valence-electron chi connectivity index (χ1n) is 11.7. The predicted octanol–water partition coefficient (Wildman–Crippen LogP) is 5.27. The highest BCUT2D eigenvalue weighted by molar-refractivity contribution is 7.55. The molecule has 0 aromatic heterocycles. The fourth-order valence-electron chi connectivity index (χ4n) is 3.82. The average molecular weight is 506 g/mol. The molecule has 9 heteroatoms. The Morgan fingerprint density at radius 2 is 1.28 bits per heavy atom. The van der Waals surface area contributed by atoms with Gasteiger partial charge in [-0.05, 0) is 56.2 Å². The maximum Gasteiger partial charge on any atom is 0.452 e. The van der Waals surface area contributed by atoms with Crippen LogP contribution in [0.1, 0.15) is 46.9 Å². The molecule has 1 unspecified atom stereocenters. The molecule has 0 radical (unpaired) electrons. The molecule has 4 rings (SSSR count). The van der Waals surface area contributed by atoms with E-state index in [4.69, 9.17) is 9.05 Å². The van der Waals surface area contributed by atoms with Crippen LogP contribution in [0.25, 0.3) is 0 Å². The smallest absolute Gasteiger partial charge is 0.415 e. The van der Waals surface area contributed by atoms with Crippen molar-refractivity contribution in [1.29, 1.82) is 0 Å². The molecule has 8 nitrogen and oxygen atoms in total. The summed E-state index contributed by atoms with van der Waals surface area (Å²) in [6, 6.07) is 24.0. The molecule has 0 aliphatic carbocycles. The number of fused-ring (bicyclic) bond motifs is 1. The van der Waals surface area contributed by atoms with Crippen molar-refractivity contribution in [3.05, 3.63) is 96.1 Å². The number of nitrogens with one attached hydrogen (secondary N) is 1. The number of nitrogens with zero attached hydrogens (tertiary/aromatic N) is 1. The summed E-state index contributed by atoms with van der Waals surface area (Å²) in [5, 5.41) is 2.72. The molecular formula is C27H27N2O6P. The van der Waals surface area contributed by atoms with E-state index in [1.165, 1.54) is 4.90 Å². The van der Waals surface area contributed by atoms with Gasteiger partial charge in [0.2, 0.25) is 5.91 Å². The lowest BCUT2D eigenvalue weighted by atomic mass is 10.1. The monoisotopic (exact) mass is 506 g/mol. The normalized spacial score (nSPS) is 13.8. The number of unbranched alkanes of at least 4 members (excludes halogenated alkanes) is 1. The molecule has 1 aliphatic rings. The van der Waals surface area contributed by atoms with Crippen molar-refractivity contribution < 1.29 is 28.0 Å². The second-order valence-corrected chi connectivity index (χ2v) is 10.6. The zero-order chi connectivity index (χ0) is 25.5. The lowest BCUT2D eigenvalue weighted by Gasteiger charge is -2.25. The van der Waals surface area contributed by atoms with Crippen LogP contribution in [-0.2, 0) is 9.36 Å². The van der Waals surface area contributed by atoms with Gasteiger partial charge in [0.05, 0.1) is 11.1 Å². The van der Waals surface area contributed by atoms with E-state index in [-0.39, 0.29) is 30.7 Å². The summed E-state index contributed by atoms with van der Waals surface area (Å²) < 4.78 is 25.2. The minimum atomic E-state index is -3.84. The molecule has 0 saturated heterocycles. The van der Waals surface area contributed by atoms with Gasteiger partial charge in [-0.1, -0.05) is 48.5 Å². The van der Waals surface area contributed by atoms with Crippen LogP contribution in [0.5, 0.6) is 11.5 Å². The van der Waals surface area contributed by atoms with Crippen LogP contribution in [0.15, 0.2) is 84.9 Å². The van der Waals surface area contributed by atoms with Gasteiger partial charge in [-0.15, -0.1) is 0 Å². The van der Waals surface area contributed by atoms with Crippen molar-refractivity contribution in [3.63, 3.8) is 0 Å². The number of imide groups is 1. The number of amides is 3. The Morgan fingerprint density at radius 1 is 0.806 bits per heavy atom. The lowest BCUT2D eigenvalue weighted by molar-refractivity contribution is -0.121. The van der Waals surface area contributed by atoms with Crippen LogP contribution in [-0.4, -0.2) is 34.9 Å². The zero-order valence-corrected chi connectivity index (χ0v) is 20.7. The van der Waals surface area contributed by atoms with Gasteiger partial charge in [0, 0.05) is 13.0 Å². The lowest BCUT2D eigenvalue weighted by Crippen LogP contribution is -2.35. The van der Waals surface area contributed by atoms with Crippen LogP contribution < -0.4 is 14.4 Å². The molecule has 3 aromatic carbocycles. The summed E-state index contributed by atoms with van der Waals surface area (Å²) in [4.78, 5) is 38.7. The Hall–Kier alpha value is -3.90. The molecule has 36 heavy (non-hydrogen) atoms. The second kappa shape index (κ2) is 11.2. The highest BCUT2D eigenvalue weighted by Crippen LogP contribution is 2.51. The summed E-state index contributed by atoms with van der Waals surface area (Å²) in [6.45, 7) is 1.80. The molecule has 1 heterocycles. The van der Waals surface area contributed by atoms with E-state index in [2.05, 4.69) is 5.32 Å². The molecule has 0 spiro atoms. The molecule has 0 saturated carbocycles. The van der Waals surface area contributed by atoms with E-state index in [0.29, 0.717) is 35.5 Å². The number of rotatable bonds is 11. The van der Waals surface area contributed by atoms with Crippen LogP contribution >= 0.6 is 7.60 Å². The largest absolute Gasteiger partial charge is 0.452 e. The third-order valence-corrected chi connectivity index (χ3v) is 7.72. The van der Waals surface area contributed by atoms with Crippen molar-refractivity contribution >= 4 is 25.3 Å². The van der Waals surface area contributed by atoms with Crippen molar-refractivity contribution in [2.75, 3.05) is 6.54 Å². The predicted molar refractivity (Wildman–Crippen MR) is 135 cm³/mol. The maximum atomic E-state index is 13.7. The number of hydrogen-bond donors (Lipinski definition) is 1. The first-order valence-corrected chi connectivity index (χ1v) is 13.3. The third kappa shape index (κ3) is 5.83. The minimum Gasteiger partial charge on any atom is -0.415 e. The van der Waals surface area contributed by atoms with E-state index >= 15 is 0 Å². The van der Waals surface area contributed by atoms with Gasteiger partial charge < -0.3 is 14.4 Å². The maximum absolute atomic E-state index is 13.7. The summed E-state index contributed by atoms with van der Waals surface area (Å²) >= 11 is 0. The number of hydrogen-bond acceptors (Lipinski definition) is 6. The molecule has 1 aliphatic heterocycles. The van der Waals surface area contributed by atoms with E-state index in [0.717, 1.165) is 0 Å². The Bertz CT molecular complexity index is 1200. The number of carbonyl (C=O) groups excluding carboxylic acids is 3. The van der Waals surface area contributed by atoms with Crippen LogP contribution in [0.3, 0.4) is 0 Å². The van der Waals surface area contributed by atoms with Crippen molar-refractivity contribution in [1.82, 2.24) is 10.2 Å². The topological polar surface area (TPSA) is 102 Å². The van der Waals surface area contributed by atoms with Crippen molar-refractivity contribution in [2.24, 2.45) is 0 Å². The number of para-hydroxylation sites is 2. The molecule has 1 N–H and O–H groups in total. The first kappa shape index (κ1) is 25.2. The van der Waals surface area contributed by atoms with Crippen molar-refractivity contribution in [2.45, 2.75) is 32.0 Å². The Balaban J connectivity index is 1.32. The Kier molecular flexibility index (Phi) is 7.86. The van der Waals surface area contributed by atoms with Gasteiger partial charge in [0.25, 0.3) is 11.8 Å². The van der Waals surface area contributed by atoms with Gasteiger partial charge in [-0.25, -0.2) is 4.57 Å². The van der Waals surface area contributed by atoms with Gasteiger partial charge in [0.1, 0.15) is 11.5 Å². The third-order valence-electron chi connectivity index (χ3n) is 5.71. The highest BCUT2D eigenvalue weighted by atomic mass is 31.2. The summed E-state index contributed by atoms with van der Waals surface area (Å²) in [6.07, 6.45) is 1.03. The molecule has 0 bridgehead atoms. The fraction of sp³-hybridized carbons (Fsp3) is 0.222. The Labute approximate surface area is 209 Å². The zero-order valence-electron chi connectivity index (χ0n) is 19.8. The summed E-state index contributed by atoms with van der Waals surface area (Å²) in [7, 11) is -3.84. The van der Waals surface area contributed by atoms with Gasteiger partial charge in [-0.3, -0.25) is 19.3 Å². The number of carbonyl (C=O) groups is 3. The first-order chi connectivity index (χ1) is 17.4. The van der Waals surface area contributed by atoms with E-state index in [9.17, 15) is 18.9 Å². The minimum absolute atomic E-state index is 0.129.